The van der Waals surface area contributed by atoms with Crippen LogP contribution in [0, 0.1) is 11.8 Å². The SMILES string of the molecule is COC1CCCN(C(=O)C2CCC(C)C(N)C2)C1. The van der Waals surface area contributed by atoms with Crippen LogP contribution < -0.4 is 5.73 Å². The minimum absolute atomic E-state index is 0.145. The molecule has 0 spiro atoms. The van der Waals surface area contributed by atoms with Gasteiger partial charge in [-0.1, -0.05) is 6.92 Å². The molecule has 2 aliphatic rings. The lowest BCUT2D eigenvalue weighted by atomic mass is 9.79. The second kappa shape index (κ2) is 6.02. The fourth-order valence-electron chi connectivity index (χ4n) is 3.17. The Labute approximate surface area is 110 Å². The predicted octanol–water partition coefficient (Wildman–Crippen LogP) is 1.39. The average Bonchev–Trinajstić information content (AvgIpc) is 2.41. The summed E-state index contributed by atoms with van der Waals surface area (Å²) in [5.74, 6) is 1.01. The van der Waals surface area contributed by atoms with E-state index in [1.165, 1.54) is 0 Å². The van der Waals surface area contributed by atoms with Crippen molar-refractivity contribution in [3.63, 3.8) is 0 Å². The van der Waals surface area contributed by atoms with Crippen LogP contribution in [0.3, 0.4) is 0 Å². The summed E-state index contributed by atoms with van der Waals surface area (Å²) in [5.41, 5.74) is 6.09. The zero-order chi connectivity index (χ0) is 13.1. The molecule has 0 aromatic heterocycles. The number of methoxy groups -OCH3 is 1. The third-order valence-electron chi connectivity index (χ3n) is 4.63. The maximum absolute atomic E-state index is 12.5. The van der Waals surface area contributed by atoms with Gasteiger partial charge in [-0.05, 0) is 38.0 Å². The maximum atomic E-state index is 12.5. The minimum atomic E-state index is 0.145. The zero-order valence-corrected chi connectivity index (χ0v) is 11.6. The molecule has 1 heterocycles. The molecule has 1 saturated carbocycles. The van der Waals surface area contributed by atoms with Gasteiger partial charge in [-0.25, -0.2) is 0 Å². The van der Waals surface area contributed by atoms with Gasteiger partial charge in [0.25, 0.3) is 0 Å². The highest BCUT2D eigenvalue weighted by molar-refractivity contribution is 5.79. The molecule has 2 fully saturated rings. The predicted molar refractivity (Wildman–Crippen MR) is 71.1 cm³/mol. The lowest BCUT2D eigenvalue weighted by Gasteiger charge is -2.37. The van der Waals surface area contributed by atoms with Crippen molar-refractivity contribution in [1.82, 2.24) is 4.90 Å². The Morgan fingerprint density at radius 2 is 2.11 bits per heavy atom. The van der Waals surface area contributed by atoms with Crippen molar-refractivity contribution >= 4 is 5.91 Å². The van der Waals surface area contributed by atoms with Crippen LogP contribution >= 0.6 is 0 Å². The van der Waals surface area contributed by atoms with Gasteiger partial charge in [0.2, 0.25) is 5.91 Å². The fraction of sp³-hybridized carbons (Fsp3) is 0.929. The second-order valence-corrected chi connectivity index (χ2v) is 5.94. The Morgan fingerprint density at radius 3 is 2.78 bits per heavy atom. The number of hydrogen-bond donors (Lipinski definition) is 1. The van der Waals surface area contributed by atoms with Crippen molar-refractivity contribution in [2.45, 2.75) is 51.2 Å². The lowest BCUT2D eigenvalue weighted by Crippen LogP contribution is -2.48. The van der Waals surface area contributed by atoms with Gasteiger partial charge < -0.3 is 15.4 Å². The summed E-state index contributed by atoms with van der Waals surface area (Å²) in [5, 5.41) is 0. The van der Waals surface area contributed by atoms with Crippen molar-refractivity contribution in [3.05, 3.63) is 0 Å². The summed E-state index contributed by atoms with van der Waals surface area (Å²) < 4.78 is 5.38. The third-order valence-corrected chi connectivity index (χ3v) is 4.63. The molecular formula is C14H26N2O2. The highest BCUT2D eigenvalue weighted by Crippen LogP contribution is 2.29. The van der Waals surface area contributed by atoms with Crippen LogP contribution in [-0.2, 0) is 9.53 Å². The highest BCUT2D eigenvalue weighted by atomic mass is 16.5. The second-order valence-electron chi connectivity index (χ2n) is 5.94. The Kier molecular flexibility index (Phi) is 4.62. The Morgan fingerprint density at radius 1 is 1.33 bits per heavy atom. The van der Waals surface area contributed by atoms with Gasteiger partial charge in [-0.2, -0.15) is 0 Å². The lowest BCUT2D eigenvalue weighted by molar-refractivity contribution is -0.140. The largest absolute Gasteiger partial charge is 0.380 e. The normalized spacial score (nSPS) is 37.6. The molecule has 18 heavy (non-hydrogen) atoms. The average molecular weight is 254 g/mol. The molecule has 1 aliphatic heterocycles. The van der Waals surface area contributed by atoms with Gasteiger partial charge >= 0.3 is 0 Å². The van der Waals surface area contributed by atoms with Gasteiger partial charge in [0.1, 0.15) is 0 Å². The third kappa shape index (κ3) is 3.04. The molecule has 104 valence electrons. The molecule has 2 rings (SSSR count). The first-order chi connectivity index (χ1) is 8.61. The van der Waals surface area contributed by atoms with Gasteiger partial charge in [-0.15, -0.1) is 0 Å². The number of nitrogens with zero attached hydrogens (tertiary/aromatic N) is 1. The van der Waals surface area contributed by atoms with Gasteiger partial charge in [0.15, 0.2) is 0 Å². The van der Waals surface area contributed by atoms with Crippen molar-refractivity contribution < 1.29 is 9.53 Å². The van der Waals surface area contributed by atoms with Gasteiger partial charge in [0, 0.05) is 32.2 Å². The summed E-state index contributed by atoms with van der Waals surface area (Å²) >= 11 is 0. The van der Waals surface area contributed by atoms with Crippen LogP contribution in [0.4, 0.5) is 0 Å². The number of rotatable bonds is 2. The van der Waals surface area contributed by atoms with Crippen molar-refractivity contribution in [2.75, 3.05) is 20.2 Å². The molecule has 0 bridgehead atoms. The molecule has 4 unspecified atom stereocenters. The van der Waals surface area contributed by atoms with E-state index in [9.17, 15) is 4.79 Å². The standard InChI is InChI=1S/C14H26N2O2/c1-10-5-6-11(8-13(10)15)14(17)16-7-3-4-12(9-16)18-2/h10-13H,3-9,15H2,1-2H3. The molecule has 2 N–H and O–H groups in total. The Hall–Kier alpha value is -0.610. The first-order valence-corrected chi connectivity index (χ1v) is 7.19. The zero-order valence-electron chi connectivity index (χ0n) is 11.6. The van der Waals surface area contributed by atoms with Crippen LogP contribution in [0.2, 0.25) is 0 Å². The number of carbonyl (C=O) groups excluding carboxylic acids is 1. The van der Waals surface area contributed by atoms with E-state index in [0.717, 1.165) is 45.2 Å². The quantitative estimate of drug-likeness (QED) is 0.810. The summed E-state index contributed by atoms with van der Waals surface area (Å²) in [6, 6.07) is 0.190. The summed E-state index contributed by atoms with van der Waals surface area (Å²) in [4.78, 5) is 14.5. The van der Waals surface area contributed by atoms with Crippen LogP contribution in [0.25, 0.3) is 0 Å². The van der Waals surface area contributed by atoms with Crippen LogP contribution in [0.15, 0.2) is 0 Å². The van der Waals surface area contributed by atoms with Crippen molar-refractivity contribution in [1.29, 1.82) is 0 Å². The van der Waals surface area contributed by atoms with Gasteiger partial charge in [-0.3, -0.25) is 4.79 Å². The number of carbonyl (C=O) groups is 1. The summed E-state index contributed by atoms with van der Waals surface area (Å²) in [6.07, 6.45) is 5.29. The molecule has 0 aromatic carbocycles. The number of likely N-dealkylation sites (tertiary alicyclic amines) is 1. The molecule has 0 aromatic rings. The Balaban J connectivity index is 1.90. The molecule has 1 aliphatic carbocycles. The molecular weight excluding hydrogens is 228 g/mol. The van der Waals surface area contributed by atoms with Gasteiger partial charge in [0.05, 0.1) is 6.10 Å². The number of hydrogen-bond acceptors (Lipinski definition) is 3. The van der Waals surface area contributed by atoms with E-state index in [1.807, 2.05) is 4.90 Å². The van der Waals surface area contributed by atoms with E-state index < -0.39 is 0 Å². The van der Waals surface area contributed by atoms with Crippen LogP contribution in [0.1, 0.15) is 39.0 Å². The molecule has 1 amide bonds. The van der Waals surface area contributed by atoms with E-state index in [4.69, 9.17) is 10.5 Å². The number of piperidine rings is 1. The molecule has 4 nitrogen and oxygen atoms in total. The topological polar surface area (TPSA) is 55.6 Å². The highest BCUT2D eigenvalue weighted by Gasteiger charge is 2.33. The molecule has 4 atom stereocenters. The van der Waals surface area contributed by atoms with Crippen molar-refractivity contribution in [2.24, 2.45) is 17.6 Å². The first-order valence-electron chi connectivity index (χ1n) is 7.19. The maximum Gasteiger partial charge on any atom is 0.225 e. The van der Waals surface area contributed by atoms with E-state index in [2.05, 4.69) is 6.92 Å². The smallest absolute Gasteiger partial charge is 0.225 e. The fourth-order valence-corrected chi connectivity index (χ4v) is 3.17. The van der Waals surface area contributed by atoms with E-state index in [-0.39, 0.29) is 18.1 Å². The van der Waals surface area contributed by atoms with Crippen molar-refractivity contribution in [3.8, 4) is 0 Å². The van der Waals surface area contributed by atoms with Crippen LogP contribution in [0.5, 0.6) is 0 Å². The molecule has 0 radical (unpaired) electrons. The first kappa shape index (κ1) is 13.8. The van der Waals surface area contributed by atoms with E-state index in [0.29, 0.717) is 11.8 Å². The number of ether oxygens (including phenoxy) is 1. The Bertz CT molecular complexity index is 288. The monoisotopic (exact) mass is 254 g/mol. The number of nitrogens with two attached hydrogens (primary N) is 1. The summed E-state index contributed by atoms with van der Waals surface area (Å²) in [6.45, 7) is 3.84. The van der Waals surface area contributed by atoms with E-state index in [1.54, 1.807) is 7.11 Å². The minimum Gasteiger partial charge on any atom is -0.380 e. The van der Waals surface area contributed by atoms with Crippen LogP contribution in [-0.4, -0.2) is 43.2 Å². The molecule has 4 heteroatoms. The van der Waals surface area contributed by atoms with E-state index >= 15 is 0 Å². The summed E-state index contributed by atoms with van der Waals surface area (Å²) in [7, 11) is 1.73. The number of amides is 1. The molecule has 1 saturated heterocycles.